The lowest BCUT2D eigenvalue weighted by Crippen LogP contribution is -2.19. The van der Waals surface area contributed by atoms with E-state index in [1.54, 1.807) is 7.05 Å². The first-order valence-corrected chi connectivity index (χ1v) is 8.01. The van der Waals surface area contributed by atoms with Gasteiger partial charge in [-0.2, -0.15) is 18.3 Å². The van der Waals surface area contributed by atoms with E-state index in [-0.39, 0.29) is 12.1 Å². The van der Waals surface area contributed by atoms with Crippen LogP contribution >= 0.6 is 11.3 Å². The smallest absolute Gasteiger partial charge is 0.387 e. The minimum atomic E-state index is -4.46. The Balaban J connectivity index is 2.01. The Bertz CT molecular complexity index is 1010. The summed E-state index contributed by atoms with van der Waals surface area (Å²) in [6, 6.07) is 1.29. The van der Waals surface area contributed by atoms with Gasteiger partial charge in [-0.3, -0.25) is 9.48 Å². The Labute approximate surface area is 144 Å². The summed E-state index contributed by atoms with van der Waals surface area (Å²) in [5.41, 5.74) is 0.404. The maximum atomic E-state index is 12.6. The van der Waals surface area contributed by atoms with Gasteiger partial charge in [0.15, 0.2) is 4.96 Å². The second-order valence-electron chi connectivity index (χ2n) is 5.36. The number of thiazole rings is 1. The molecule has 6 nitrogen and oxygen atoms in total. The Kier molecular flexibility index (Phi) is 4.15. The molecule has 0 unspecified atom stereocenters. The SMILES string of the molecule is C=C(NC)c1c(C)sc2nc(Cn3cc(C(F)(F)F)cn3)cc(=O)n12. The van der Waals surface area contributed by atoms with Gasteiger partial charge in [-0.1, -0.05) is 6.58 Å². The van der Waals surface area contributed by atoms with Crippen molar-refractivity contribution in [2.24, 2.45) is 0 Å². The highest BCUT2D eigenvalue weighted by Gasteiger charge is 2.32. The lowest BCUT2D eigenvalue weighted by atomic mass is 10.3. The molecule has 0 radical (unpaired) electrons. The van der Waals surface area contributed by atoms with Gasteiger partial charge in [0.25, 0.3) is 5.56 Å². The molecular weight excluding hydrogens is 355 g/mol. The fourth-order valence-electron chi connectivity index (χ4n) is 2.43. The number of nitrogens with zero attached hydrogens (tertiary/aromatic N) is 4. The molecule has 0 bridgehead atoms. The monoisotopic (exact) mass is 369 g/mol. The first-order valence-electron chi connectivity index (χ1n) is 7.19. The van der Waals surface area contributed by atoms with E-state index in [1.807, 2.05) is 6.92 Å². The van der Waals surface area contributed by atoms with E-state index in [9.17, 15) is 18.0 Å². The Morgan fingerprint density at radius 1 is 1.44 bits per heavy atom. The van der Waals surface area contributed by atoms with Crippen molar-refractivity contribution in [2.75, 3.05) is 7.05 Å². The summed E-state index contributed by atoms with van der Waals surface area (Å²) < 4.78 is 40.4. The van der Waals surface area contributed by atoms with Crippen molar-refractivity contribution >= 4 is 22.0 Å². The molecule has 0 saturated heterocycles. The van der Waals surface area contributed by atoms with E-state index >= 15 is 0 Å². The van der Waals surface area contributed by atoms with Gasteiger partial charge in [0.05, 0.1) is 35.4 Å². The summed E-state index contributed by atoms with van der Waals surface area (Å²) >= 11 is 1.31. The van der Waals surface area contributed by atoms with E-state index in [4.69, 9.17) is 0 Å². The molecule has 3 aromatic heterocycles. The molecule has 0 aliphatic rings. The first-order chi connectivity index (χ1) is 11.7. The van der Waals surface area contributed by atoms with Crippen LogP contribution in [0.3, 0.4) is 0 Å². The molecule has 1 N–H and O–H groups in total. The summed E-state index contributed by atoms with van der Waals surface area (Å²) in [4.78, 5) is 18.1. The molecule has 0 amide bonds. The Morgan fingerprint density at radius 3 is 2.76 bits per heavy atom. The maximum absolute atomic E-state index is 12.6. The number of rotatable bonds is 4. The predicted molar refractivity (Wildman–Crippen MR) is 88.5 cm³/mol. The zero-order valence-corrected chi connectivity index (χ0v) is 14.2. The van der Waals surface area contributed by atoms with Crippen LogP contribution in [-0.4, -0.2) is 26.2 Å². The zero-order valence-electron chi connectivity index (χ0n) is 13.4. The maximum Gasteiger partial charge on any atom is 0.419 e. The largest absolute Gasteiger partial charge is 0.419 e. The van der Waals surface area contributed by atoms with Crippen molar-refractivity contribution in [3.05, 3.63) is 57.2 Å². The summed E-state index contributed by atoms with van der Waals surface area (Å²) in [5.74, 6) is 0. The molecule has 10 heteroatoms. The molecule has 3 aromatic rings. The number of halogens is 3. The average Bonchev–Trinajstić information content (AvgIpc) is 3.10. The fraction of sp³-hybridized carbons (Fsp3) is 0.267. The number of hydrogen-bond donors (Lipinski definition) is 1. The topological polar surface area (TPSA) is 64.2 Å². The number of fused-ring (bicyclic) bond motifs is 1. The normalized spacial score (nSPS) is 11.9. The van der Waals surface area contributed by atoms with Crippen molar-refractivity contribution < 1.29 is 13.2 Å². The van der Waals surface area contributed by atoms with Gasteiger partial charge in [-0.05, 0) is 6.92 Å². The van der Waals surface area contributed by atoms with Gasteiger partial charge < -0.3 is 5.32 Å². The third-order valence-corrected chi connectivity index (χ3v) is 4.57. The first kappa shape index (κ1) is 17.2. The molecular formula is C15H14F3N5OS. The third kappa shape index (κ3) is 3.16. The van der Waals surface area contributed by atoms with Crippen molar-refractivity contribution in [1.82, 2.24) is 24.5 Å². The van der Waals surface area contributed by atoms with E-state index in [1.165, 1.54) is 21.8 Å². The number of aromatic nitrogens is 4. The van der Waals surface area contributed by atoms with Crippen LogP contribution in [0, 0.1) is 6.92 Å². The van der Waals surface area contributed by atoms with Crippen molar-refractivity contribution in [2.45, 2.75) is 19.6 Å². The van der Waals surface area contributed by atoms with E-state index in [2.05, 4.69) is 22.0 Å². The number of aryl methyl sites for hydroxylation is 1. The van der Waals surface area contributed by atoms with Crippen molar-refractivity contribution in [3.63, 3.8) is 0 Å². The van der Waals surface area contributed by atoms with Crippen molar-refractivity contribution in [1.29, 1.82) is 0 Å². The van der Waals surface area contributed by atoms with Gasteiger partial charge >= 0.3 is 6.18 Å². The number of alkyl halides is 3. The van der Waals surface area contributed by atoms with E-state index < -0.39 is 11.7 Å². The van der Waals surface area contributed by atoms with Crippen LogP contribution in [0.15, 0.2) is 29.8 Å². The highest BCUT2D eigenvalue weighted by molar-refractivity contribution is 7.17. The molecule has 0 aliphatic heterocycles. The molecule has 3 heterocycles. The third-order valence-electron chi connectivity index (χ3n) is 3.61. The van der Waals surface area contributed by atoms with Crippen LogP contribution in [0.1, 0.15) is 21.8 Å². The molecule has 0 atom stereocenters. The minimum absolute atomic E-state index is 0.0267. The molecule has 3 rings (SSSR count). The van der Waals surface area contributed by atoms with Crippen LogP contribution in [-0.2, 0) is 12.7 Å². The Morgan fingerprint density at radius 2 is 2.16 bits per heavy atom. The van der Waals surface area contributed by atoms with Crippen LogP contribution in [0.2, 0.25) is 0 Å². The summed E-state index contributed by atoms with van der Waals surface area (Å²) in [5, 5.41) is 6.58. The standard InChI is InChI=1S/C15H14F3N5OS/c1-8(19-3)13-9(2)25-14-21-11(4-12(24)23(13)14)7-22-6-10(5-20-22)15(16,17)18/h4-6,19H,1,7H2,2-3H3. The lowest BCUT2D eigenvalue weighted by Gasteiger charge is -2.06. The van der Waals surface area contributed by atoms with Crippen molar-refractivity contribution in [3.8, 4) is 0 Å². The molecule has 25 heavy (non-hydrogen) atoms. The Hall–Kier alpha value is -2.62. The summed E-state index contributed by atoms with van der Waals surface area (Å²) in [6.45, 7) is 5.69. The van der Waals surface area contributed by atoms with Gasteiger partial charge in [-0.15, -0.1) is 11.3 Å². The van der Waals surface area contributed by atoms with Crippen LogP contribution in [0.25, 0.3) is 10.7 Å². The molecule has 0 fully saturated rings. The highest BCUT2D eigenvalue weighted by Crippen LogP contribution is 2.28. The highest BCUT2D eigenvalue weighted by atomic mass is 32.1. The van der Waals surface area contributed by atoms with Gasteiger partial charge in [0, 0.05) is 24.2 Å². The molecule has 0 saturated carbocycles. The van der Waals surface area contributed by atoms with Crippen LogP contribution in [0.4, 0.5) is 13.2 Å². The minimum Gasteiger partial charge on any atom is -0.387 e. The quantitative estimate of drug-likeness (QED) is 0.768. The molecule has 0 spiro atoms. The molecule has 0 aliphatic carbocycles. The van der Waals surface area contributed by atoms with E-state index in [0.29, 0.717) is 22.0 Å². The second kappa shape index (κ2) is 6.03. The number of hydrogen-bond acceptors (Lipinski definition) is 5. The molecule has 132 valence electrons. The molecule has 0 aromatic carbocycles. The van der Waals surface area contributed by atoms with Gasteiger partial charge in [0.1, 0.15) is 0 Å². The van der Waals surface area contributed by atoms with Crippen LogP contribution in [0.5, 0.6) is 0 Å². The van der Waals surface area contributed by atoms with Gasteiger partial charge in [0.2, 0.25) is 0 Å². The fourth-order valence-corrected chi connectivity index (χ4v) is 3.45. The van der Waals surface area contributed by atoms with E-state index in [0.717, 1.165) is 22.0 Å². The second-order valence-corrected chi connectivity index (χ2v) is 6.55. The summed E-state index contributed by atoms with van der Waals surface area (Å²) in [7, 11) is 1.70. The summed E-state index contributed by atoms with van der Waals surface area (Å²) in [6.07, 6.45) is -2.82. The number of nitrogens with one attached hydrogen (secondary N) is 1. The zero-order chi connectivity index (χ0) is 18.4. The average molecular weight is 369 g/mol. The van der Waals surface area contributed by atoms with Gasteiger partial charge in [-0.25, -0.2) is 9.38 Å². The predicted octanol–water partition coefficient (Wildman–Crippen LogP) is 2.52. The van der Waals surface area contributed by atoms with Crippen LogP contribution < -0.4 is 10.9 Å². The lowest BCUT2D eigenvalue weighted by molar-refractivity contribution is -0.137.